The van der Waals surface area contributed by atoms with Gasteiger partial charge in [-0.25, -0.2) is 5.43 Å². The molecule has 0 fully saturated rings. The Hall–Kier alpha value is -2.04. The Morgan fingerprint density at radius 1 is 1.12 bits per heavy atom. The van der Waals surface area contributed by atoms with Gasteiger partial charge in [-0.1, -0.05) is 36.2 Å². The summed E-state index contributed by atoms with van der Waals surface area (Å²) >= 11 is 12.1. The number of nitrogens with zero attached hydrogens (tertiary/aromatic N) is 1. The maximum atomic E-state index is 12.2. The number of hydrogen-bond donors (Lipinski definition) is 1. The first-order chi connectivity index (χ1) is 11.5. The molecule has 0 aromatic heterocycles. The third-order valence-electron chi connectivity index (χ3n) is 3.30. The van der Waals surface area contributed by atoms with Gasteiger partial charge in [0.25, 0.3) is 5.91 Å². The van der Waals surface area contributed by atoms with Gasteiger partial charge in [-0.05, 0) is 49.7 Å². The zero-order valence-electron chi connectivity index (χ0n) is 13.5. The molecule has 0 atom stereocenters. The monoisotopic (exact) mass is 364 g/mol. The molecule has 0 unspecified atom stereocenters. The molecule has 0 radical (unpaired) electrons. The van der Waals surface area contributed by atoms with Crippen molar-refractivity contribution >= 4 is 34.8 Å². The van der Waals surface area contributed by atoms with E-state index in [4.69, 9.17) is 27.9 Å². The summed E-state index contributed by atoms with van der Waals surface area (Å²) in [7, 11) is 0. The molecule has 2 aromatic rings. The molecule has 2 rings (SSSR count). The van der Waals surface area contributed by atoms with Crippen LogP contribution >= 0.6 is 23.2 Å². The Balaban J connectivity index is 2.13. The van der Waals surface area contributed by atoms with Gasteiger partial charge >= 0.3 is 0 Å². The van der Waals surface area contributed by atoms with Crippen molar-refractivity contribution in [2.24, 2.45) is 5.10 Å². The predicted molar refractivity (Wildman–Crippen MR) is 98.4 cm³/mol. The maximum Gasteiger partial charge on any atom is 0.271 e. The van der Waals surface area contributed by atoms with Gasteiger partial charge in [0.2, 0.25) is 0 Å². The predicted octanol–water partition coefficient (Wildman–Crippen LogP) is 4.94. The smallest absolute Gasteiger partial charge is 0.271 e. The topological polar surface area (TPSA) is 50.7 Å². The summed E-state index contributed by atoms with van der Waals surface area (Å²) in [6, 6.07) is 12.1. The second-order valence-electron chi connectivity index (χ2n) is 4.93. The molecule has 0 aliphatic carbocycles. The molecule has 2 aromatic carbocycles. The van der Waals surface area contributed by atoms with Gasteiger partial charge < -0.3 is 4.74 Å². The van der Waals surface area contributed by atoms with E-state index in [0.29, 0.717) is 34.3 Å². The van der Waals surface area contributed by atoms with Crippen LogP contribution in [0, 0.1) is 0 Å². The normalized spacial score (nSPS) is 11.2. The molecule has 0 aliphatic heterocycles. The third kappa shape index (κ3) is 4.73. The van der Waals surface area contributed by atoms with Crippen LogP contribution < -0.4 is 10.2 Å². The van der Waals surface area contributed by atoms with Gasteiger partial charge in [0.05, 0.1) is 17.3 Å². The lowest BCUT2D eigenvalue weighted by molar-refractivity contribution is 0.0955. The Bertz CT molecular complexity index is 743. The average molecular weight is 365 g/mol. The highest BCUT2D eigenvalue weighted by atomic mass is 35.5. The van der Waals surface area contributed by atoms with Crippen molar-refractivity contribution in [3.8, 4) is 5.75 Å². The molecule has 0 bridgehead atoms. The number of ether oxygens (including phenoxy) is 1. The molecular weight excluding hydrogens is 347 g/mol. The first-order valence-corrected chi connectivity index (χ1v) is 8.36. The van der Waals surface area contributed by atoms with Crippen molar-refractivity contribution in [1.82, 2.24) is 5.43 Å². The van der Waals surface area contributed by atoms with Crippen LogP contribution in [0.4, 0.5) is 0 Å². The molecular formula is C18H18Cl2N2O2. The molecule has 0 saturated heterocycles. The lowest BCUT2D eigenvalue weighted by atomic mass is 10.1. The van der Waals surface area contributed by atoms with Gasteiger partial charge in [0.1, 0.15) is 5.75 Å². The van der Waals surface area contributed by atoms with Crippen LogP contribution in [-0.2, 0) is 0 Å². The molecule has 0 heterocycles. The van der Waals surface area contributed by atoms with Crippen molar-refractivity contribution in [1.29, 1.82) is 0 Å². The Morgan fingerprint density at radius 2 is 1.83 bits per heavy atom. The number of rotatable bonds is 6. The number of carbonyl (C=O) groups excluding carboxylic acids is 1. The van der Waals surface area contributed by atoms with Gasteiger partial charge in [-0.3, -0.25) is 4.79 Å². The van der Waals surface area contributed by atoms with Crippen LogP contribution in [0.2, 0.25) is 10.0 Å². The molecule has 0 aliphatic rings. The lowest BCUT2D eigenvalue weighted by Crippen LogP contribution is -2.20. The highest BCUT2D eigenvalue weighted by molar-refractivity contribution is 6.37. The first-order valence-electron chi connectivity index (χ1n) is 7.60. The van der Waals surface area contributed by atoms with Crippen molar-refractivity contribution in [2.75, 3.05) is 6.61 Å². The van der Waals surface area contributed by atoms with Crippen LogP contribution in [0.5, 0.6) is 5.75 Å². The number of carbonyl (C=O) groups is 1. The third-order valence-corrected chi connectivity index (χ3v) is 3.84. The molecule has 6 heteroatoms. The van der Waals surface area contributed by atoms with Gasteiger partial charge in [0.15, 0.2) is 0 Å². The van der Waals surface area contributed by atoms with Gasteiger partial charge in [-0.2, -0.15) is 5.10 Å². The summed E-state index contributed by atoms with van der Waals surface area (Å²) < 4.78 is 5.35. The first kappa shape index (κ1) is 18.3. The summed E-state index contributed by atoms with van der Waals surface area (Å²) in [5, 5.41) is 5.25. The van der Waals surface area contributed by atoms with Crippen LogP contribution in [-0.4, -0.2) is 18.2 Å². The highest BCUT2D eigenvalue weighted by Gasteiger charge is 2.09. The van der Waals surface area contributed by atoms with Crippen molar-refractivity contribution in [3.63, 3.8) is 0 Å². The number of benzene rings is 2. The minimum absolute atomic E-state index is 0.297. The molecule has 24 heavy (non-hydrogen) atoms. The van der Waals surface area contributed by atoms with Crippen LogP contribution in [0.25, 0.3) is 0 Å². The molecule has 1 amide bonds. The zero-order valence-corrected chi connectivity index (χ0v) is 15.0. The van der Waals surface area contributed by atoms with Gasteiger partial charge in [0, 0.05) is 16.1 Å². The van der Waals surface area contributed by atoms with Crippen LogP contribution in [0.1, 0.15) is 36.2 Å². The van der Waals surface area contributed by atoms with Gasteiger partial charge in [-0.15, -0.1) is 0 Å². The summed E-state index contributed by atoms with van der Waals surface area (Å²) in [5.74, 6) is 0.425. The summed E-state index contributed by atoms with van der Waals surface area (Å²) in [6.07, 6.45) is 0.616. The van der Waals surface area contributed by atoms with E-state index in [9.17, 15) is 4.79 Å². The number of amides is 1. The summed E-state index contributed by atoms with van der Waals surface area (Å²) in [6.45, 7) is 4.42. The van der Waals surface area contributed by atoms with E-state index in [1.807, 2.05) is 13.8 Å². The van der Waals surface area contributed by atoms with Crippen molar-refractivity contribution in [2.45, 2.75) is 20.3 Å². The second kappa shape index (κ2) is 8.71. The average Bonchev–Trinajstić information content (AvgIpc) is 2.57. The SMILES string of the molecule is CCOc1ccc(C(=O)NN=C(CC)c2ccc(Cl)cc2Cl)cc1. The minimum atomic E-state index is -0.297. The largest absolute Gasteiger partial charge is 0.494 e. The fourth-order valence-electron chi connectivity index (χ4n) is 2.11. The summed E-state index contributed by atoms with van der Waals surface area (Å²) in [5.41, 5.74) is 4.48. The van der Waals surface area contributed by atoms with E-state index in [0.717, 1.165) is 11.3 Å². The van der Waals surface area contributed by atoms with Crippen molar-refractivity contribution < 1.29 is 9.53 Å². The fraction of sp³-hybridized carbons (Fsp3) is 0.222. The Kier molecular flexibility index (Phi) is 6.64. The molecule has 126 valence electrons. The molecule has 4 nitrogen and oxygen atoms in total. The number of hydrazone groups is 1. The highest BCUT2D eigenvalue weighted by Crippen LogP contribution is 2.22. The summed E-state index contributed by atoms with van der Waals surface area (Å²) in [4.78, 5) is 12.2. The van der Waals surface area contributed by atoms with E-state index in [2.05, 4.69) is 10.5 Å². The lowest BCUT2D eigenvalue weighted by Gasteiger charge is -2.08. The van der Waals surface area contributed by atoms with E-state index in [1.165, 1.54) is 0 Å². The second-order valence-corrected chi connectivity index (χ2v) is 5.78. The Labute approximate surface area is 151 Å². The number of halogens is 2. The van der Waals surface area contributed by atoms with Crippen molar-refractivity contribution in [3.05, 3.63) is 63.6 Å². The van der Waals surface area contributed by atoms with E-state index in [-0.39, 0.29) is 5.91 Å². The fourth-order valence-corrected chi connectivity index (χ4v) is 2.62. The molecule has 0 spiro atoms. The maximum absolute atomic E-state index is 12.2. The van der Waals surface area contributed by atoms with Crippen LogP contribution in [0.15, 0.2) is 47.6 Å². The zero-order chi connectivity index (χ0) is 17.5. The quantitative estimate of drug-likeness (QED) is 0.583. The number of hydrogen-bond acceptors (Lipinski definition) is 3. The molecule has 0 saturated carbocycles. The Morgan fingerprint density at radius 3 is 2.42 bits per heavy atom. The number of nitrogens with one attached hydrogen (secondary N) is 1. The van der Waals surface area contributed by atoms with E-state index < -0.39 is 0 Å². The van der Waals surface area contributed by atoms with Crippen LogP contribution in [0.3, 0.4) is 0 Å². The standard InChI is InChI=1S/C18H18Cl2N2O2/c1-3-17(15-10-7-13(19)11-16(15)20)21-22-18(23)12-5-8-14(9-6-12)24-4-2/h5-11H,3-4H2,1-2H3,(H,22,23). The minimum Gasteiger partial charge on any atom is -0.494 e. The van der Waals surface area contributed by atoms with E-state index >= 15 is 0 Å². The molecule has 1 N–H and O–H groups in total. The van der Waals surface area contributed by atoms with E-state index in [1.54, 1.807) is 42.5 Å².